The second-order valence-electron chi connectivity index (χ2n) is 0.806. The first-order valence-electron chi connectivity index (χ1n) is 1.45. The quantitative estimate of drug-likeness (QED) is 0.557. The maximum atomic E-state index is 10.2. The number of ketones is 1. The highest BCUT2D eigenvalue weighted by atomic mass is 127. The summed E-state index contributed by atoms with van der Waals surface area (Å²) in [5.74, 6) is 0.316. The van der Waals surface area contributed by atoms with Crippen molar-refractivity contribution in [3.05, 3.63) is 0 Å². The molecule has 0 N–H and O–H groups in total. The number of Topliss-reactive ketones (excluding diaryl/α,β-unsaturated/α-hetero) is 1. The standard InChI is InChI=1S/C3H4I2O/c4-1-3(6)2-5/h1-2H2. The SMILES string of the molecule is O=C(CI)CI. The molecule has 0 bridgehead atoms. The van der Waals surface area contributed by atoms with Crippen molar-refractivity contribution >= 4 is 51.0 Å². The van der Waals surface area contributed by atoms with E-state index in [0.29, 0.717) is 14.6 Å². The van der Waals surface area contributed by atoms with E-state index in [1.807, 2.05) is 0 Å². The molecule has 0 aliphatic carbocycles. The third-order valence-corrected chi connectivity index (χ3v) is 2.00. The Balaban J connectivity index is 2.99. The molecule has 0 rings (SSSR count). The van der Waals surface area contributed by atoms with E-state index in [4.69, 9.17) is 0 Å². The molecule has 6 heavy (non-hydrogen) atoms. The highest BCUT2D eigenvalue weighted by Gasteiger charge is 1.89. The lowest BCUT2D eigenvalue weighted by molar-refractivity contribution is -0.113. The molecule has 0 aromatic rings. The highest BCUT2D eigenvalue weighted by molar-refractivity contribution is 14.1. The van der Waals surface area contributed by atoms with Crippen LogP contribution in [0.3, 0.4) is 0 Å². The van der Waals surface area contributed by atoms with Crippen LogP contribution in [0.25, 0.3) is 0 Å². The molecule has 0 aliphatic rings. The van der Waals surface area contributed by atoms with Crippen LogP contribution >= 0.6 is 45.2 Å². The maximum absolute atomic E-state index is 10.2. The minimum absolute atomic E-state index is 0.316. The summed E-state index contributed by atoms with van der Waals surface area (Å²) in [4.78, 5) is 10.2. The topological polar surface area (TPSA) is 17.1 Å². The van der Waals surface area contributed by atoms with Crippen molar-refractivity contribution in [1.29, 1.82) is 0 Å². The molecular formula is C3H4I2O. The average Bonchev–Trinajstić information content (AvgIpc) is 1.65. The molecule has 0 atom stereocenters. The van der Waals surface area contributed by atoms with E-state index >= 15 is 0 Å². The highest BCUT2D eigenvalue weighted by Crippen LogP contribution is 1.87. The van der Waals surface area contributed by atoms with Crippen molar-refractivity contribution < 1.29 is 4.79 Å². The van der Waals surface area contributed by atoms with Gasteiger partial charge in [-0.25, -0.2) is 0 Å². The lowest BCUT2D eigenvalue weighted by atomic mass is 10.5. The monoisotopic (exact) mass is 310 g/mol. The zero-order valence-electron chi connectivity index (χ0n) is 3.08. The minimum Gasteiger partial charge on any atom is -0.298 e. The first kappa shape index (κ1) is 7.13. The summed E-state index contributed by atoms with van der Waals surface area (Å²) in [7, 11) is 0. The van der Waals surface area contributed by atoms with Crippen molar-refractivity contribution in [2.45, 2.75) is 0 Å². The molecule has 0 unspecified atom stereocenters. The minimum atomic E-state index is 0.316. The number of alkyl halides is 2. The number of rotatable bonds is 2. The van der Waals surface area contributed by atoms with E-state index in [0.717, 1.165) is 0 Å². The van der Waals surface area contributed by atoms with E-state index in [1.165, 1.54) is 0 Å². The van der Waals surface area contributed by atoms with Crippen molar-refractivity contribution in [2.75, 3.05) is 8.86 Å². The Labute approximate surface area is 64.2 Å². The van der Waals surface area contributed by atoms with Gasteiger partial charge in [0.2, 0.25) is 0 Å². The predicted octanol–water partition coefficient (Wildman–Crippen LogP) is 1.43. The summed E-state index contributed by atoms with van der Waals surface area (Å²) in [5, 5.41) is 0. The summed E-state index contributed by atoms with van der Waals surface area (Å²) in [6, 6.07) is 0. The Morgan fingerprint density at radius 2 is 1.67 bits per heavy atom. The van der Waals surface area contributed by atoms with Gasteiger partial charge in [0.1, 0.15) is 0 Å². The van der Waals surface area contributed by atoms with Crippen LogP contribution in [0.4, 0.5) is 0 Å². The molecule has 1 nitrogen and oxygen atoms in total. The van der Waals surface area contributed by atoms with Crippen molar-refractivity contribution in [3.63, 3.8) is 0 Å². The van der Waals surface area contributed by atoms with Gasteiger partial charge in [-0.2, -0.15) is 0 Å². The fraction of sp³-hybridized carbons (Fsp3) is 0.667. The Kier molecular flexibility index (Phi) is 5.10. The van der Waals surface area contributed by atoms with E-state index in [1.54, 1.807) is 0 Å². The maximum Gasteiger partial charge on any atom is 0.152 e. The van der Waals surface area contributed by atoms with Gasteiger partial charge in [0.15, 0.2) is 5.78 Å². The van der Waals surface area contributed by atoms with Crippen LogP contribution in [0.15, 0.2) is 0 Å². The smallest absolute Gasteiger partial charge is 0.152 e. The first-order valence-corrected chi connectivity index (χ1v) is 4.50. The van der Waals surface area contributed by atoms with Gasteiger partial charge in [-0.15, -0.1) is 0 Å². The Morgan fingerprint density at radius 3 is 1.67 bits per heavy atom. The van der Waals surface area contributed by atoms with Crippen LogP contribution in [-0.4, -0.2) is 14.6 Å². The number of hydrogen-bond donors (Lipinski definition) is 0. The van der Waals surface area contributed by atoms with E-state index in [9.17, 15) is 4.79 Å². The van der Waals surface area contributed by atoms with Crippen LogP contribution in [0.5, 0.6) is 0 Å². The van der Waals surface area contributed by atoms with Crippen molar-refractivity contribution in [1.82, 2.24) is 0 Å². The predicted molar refractivity (Wildman–Crippen MR) is 42.8 cm³/mol. The Morgan fingerprint density at radius 1 is 1.33 bits per heavy atom. The van der Waals surface area contributed by atoms with Gasteiger partial charge < -0.3 is 0 Å². The molecule has 0 saturated carbocycles. The molecule has 0 radical (unpaired) electrons. The second-order valence-corrected chi connectivity index (χ2v) is 2.33. The zero-order chi connectivity index (χ0) is 4.99. The molecule has 0 spiro atoms. The number of hydrogen-bond acceptors (Lipinski definition) is 1. The van der Waals surface area contributed by atoms with E-state index < -0.39 is 0 Å². The van der Waals surface area contributed by atoms with Gasteiger partial charge in [0, 0.05) is 0 Å². The largest absolute Gasteiger partial charge is 0.298 e. The Bertz CT molecular complexity index is 46.8. The lowest BCUT2D eigenvalue weighted by Crippen LogP contribution is -1.97. The molecule has 0 fully saturated rings. The summed E-state index contributed by atoms with van der Waals surface area (Å²) in [5.41, 5.74) is 0. The molecule has 0 heterocycles. The summed E-state index contributed by atoms with van der Waals surface area (Å²) >= 11 is 4.12. The van der Waals surface area contributed by atoms with Gasteiger partial charge in [-0.1, -0.05) is 45.2 Å². The summed E-state index contributed by atoms with van der Waals surface area (Å²) < 4.78 is 1.31. The van der Waals surface area contributed by atoms with E-state index in [-0.39, 0.29) is 0 Å². The van der Waals surface area contributed by atoms with Gasteiger partial charge in [0.25, 0.3) is 0 Å². The number of carbonyl (C=O) groups is 1. The van der Waals surface area contributed by atoms with Gasteiger partial charge in [0.05, 0.1) is 8.86 Å². The third-order valence-electron chi connectivity index (χ3n) is 0.298. The summed E-state index contributed by atoms with van der Waals surface area (Å²) in [6.07, 6.45) is 0. The van der Waals surface area contributed by atoms with Gasteiger partial charge in [-0.3, -0.25) is 4.79 Å². The zero-order valence-corrected chi connectivity index (χ0v) is 7.39. The van der Waals surface area contributed by atoms with Crippen LogP contribution in [0.2, 0.25) is 0 Å². The number of halogens is 2. The molecular weight excluding hydrogens is 306 g/mol. The normalized spacial score (nSPS) is 8.33. The van der Waals surface area contributed by atoms with Crippen LogP contribution in [0, 0.1) is 0 Å². The van der Waals surface area contributed by atoms with Crippen molar-refractivity contribution in [2.24, 2.45) is 0 Å². The molecule has 0 amide bonds. The van der Waals surface area contributed by atoms with Crippen LogP contribution < -0.4 is 0 Å². The van der Waals surface area contributed by atoms with E-state index in [2.05, 4.69) is 45.2 Å². The van der Waals surface area contributed by atoms with Gasteiger partial charge in [-0.05, 0) is 0 Å². The molecule has 3 heteroatoms. The second kappa shape index (κ2) is 4.29. The average molecular weight is 310 g/mol. The van der Waals surface area contributed by atoms with Crippen LogP contribution in [-0.2, 0) is 4.79 Å². The summed E-state index contributed by atoms with van der Waals surface area (Å²) in [6.45, 7) is 0. The first-order chi connectivity index (χ1) is 2.81. The van der Waals surface area contributed by atoms with Gasteiger partial charge >= 0.3 is 0 Å². The lowest BCUT2D eigenvalue weighted by Gasteiger charge is -1.78. The molecule has 0 aromatic carbocycles. The molecule has 0 aliphatic heterocycles. The fourth-order valence-electron chi connectivity index (χ4n) is 0.0357. The molecule has 0 saturated heterocycles. The Hall–Kier alpha value is 1.13. The molecule has 36 valence electrons. The number of carbonyl (C=O) groups excluding carboxylic acids is 1. The van der Waals surface area contributed by atoms with Crippen LogP contribution in [0.1, 0.15) is 0 Å². The van der Waals surface area contributed by atoms with Crippen molar-refractivity contribution in [3.8, 4) is 0 Å². The molecule has 0 aromatic heterocycles. The fourth-order valence-corrected chi connectivity index (χ4v) is 1.61. The third kappa shape index (κ3) is 3.32.